The molecule has 9 aromatic carbocycles. The Labute approximate surface area is 410 Å². The molecule has 0 saturated heterocycles. The van der Waals surface area contributed by atoms with Crippen LogP contribution in [0.25, 0.3) is 102 Å². The van der Waals surface area contributed by atoms with Gasteiger partial charge in [0.25, 0.3) is 0 Å². The Morgan fingerprint density at radius 3 is 0.814 bits per heavy atom. The maximum Gasteiger partial charge on any atom is 0.164 e. The van der Waals surface area contributed by atoms with Gasteiger partial charge in [-0.2, -0.15) is 0 Å². The van der Waals surface area contributed by atoms with Crippen molar-refractivity contribution in [3.63, 3.8) is 0 Å². The molecule has 70 heavy (non-hydrogen) atoms. The van der Waals surface area contributed by atoms with Crippen molar-refractivity contribution < 1.29 is 0 Å². The Hall–Kier alpha value is -9.00. The van der Waals surface area contributed by atoms with Crippen molar-refractivity contribution in [1.29, 1.82) is 0 Å². The van der Waals surface area contributed by atoms with Gasteiger partial charge in [0.15, 0.2) is 34.9 Å². The van der Waals surface area contributed by atoms with Gasteiger partial charge >= 0.3 is 0 Å². The van der Waals surface area contributed by atoms with Crippen molar-refractivity contribution in [1.82, 2.24) is 29.9 Å². The number of hydrogen-bond acceptors (Lipinski definition) is 6. The van der Waals surface area contributed by atoms with Crippen LogP contribution in [0, 0.1) is 27.7 Å². The van der Waals surface area contributed by atoms with Crippen LogP contribution in [0.5, 0.6) is 0 Å². The quantitative estimate of drug-likeness (QED) is 0.144. The van der Waals surface area contributed by atoms with E-state index in [9.17, 15) is 0 Å². The SMILES string of the molecule is Cc1ccc(-c2ccc(C)c(-c3ccc(-c4nc(-c5ccccc5)nc(-c5ccccc5)n4)cc3)c2)cc1.Cc1ccc(C)c(-c2ccc(-c3nc(-c4ccccc4)nc(-c4ccccc4)n3)cc2)c1. The van der Waals surface area contributed by atoms with E-state index in [2.05, 4.69) is 137 Å². The second-order valence-corrected chi connectivity index (χ2v) is 17.4. The zero-order valence-electron chi connectivity index (χ0n) is 39.6. The van der Waals surface area contributed by atoms with E-state index in [4.69, 9.17) is 29.9 Å². The van der Waals surface area contributed by atoms with Gasteiger partial charge in [0.1, 0.15) is 0 Å². The minimum absolute atomic E-state index is 0.661. The van der Waals surface area contributed by atoms with E-state index in [1.807, 2.05) is 121 Å². The first kappa shape index (κ1) is 44.8. The molecule has 6 heteroatoms. The molecule has 0 unspecified atom stereocenters. The lowest BCUT2D eigenvalue weighted by molar-refractivity contribution is 1.07. The van der Waals surface area contributed by atoms with Crippen molar-refractivity contribution in [3.05, 3.63) is 253 Å². The van der Waals surface area contributed by atoms with E-state index in [0.717, 1.165) is 33.4 Å². The predicted molar refractivity (Wildman–Crippen MR) is 288 cm³/mol. The Balaban J connectivity index is 0.000000165. The summed E-state index contributed by atoms with van der Waals surface area (Å²) in [5.41, 5.74) is 18.1. The van der Waals surface area contributed by atoms with Crippen LogP contribution in [0.2, 0.25) is 0 Å². The molecule has 11 aromatic rings. The van der Waals surface area contributed by atoms with Crippen LogP contribution in [0.1, 0.15) is 22.3 Å². The first-order chi connectivity index (χ1) is 34.3. The Kier molecular flexibility index (Phi) is 13.1. The lowest BCUT2D eigenvalue weighted by Crippen LogP contribution is -2.00. The summed E-state index contributed by atoms with van der Waals surface area (Å²) in [5.74, 6) is 4.01. The molecule has 2 heterocycles. The average molecular weight is 903 g/mol. The normalized spacial score (nSPS) is 10.9. The van der Waals surface area contributed by atoms with E-state index >= 15 is 0 Å². The third kappa shape index (κ3) is 10.3. The van der Waals surface area contributed by atoms with Crippen molar-refractivity contribution in [2.45, 2.75) is 27.7 Å². The number of hydrogen-bond donors (Lipinski definition) is 0. The molecule has 6 nitrogen and oxygen atoms in total. The molecular weight excluding hydrogens is 853 g/mol. The number of benzene rings is 9. The molecule has 0 aliphatic heterocycles. The molecule has 0 atom stereocenters. The van der Waals surface area contributed by atoms with Crippen molar-refractivity contribution in [2.75, 3.05) is 0 Å². The van der Waals surface area contributed by atoms with E-state index in [1.165, 1.54) is 55.6 Å². The summed E-state index contributed by atoms with van der Waals surface area (Å²) in [6.07, 6.45) is 0. The molecule has 11 rings (SSSR count). The molecule has 0 aliphatic rings. The molecule has 0 spiro atoms. The number of aromatic nitrogens is 6. The average Bonchev–Trinajstić information content (AvgIpc) is 3.43. The third-order valence-corrected chi connectivity index (χ3v) is 12.3. The van der Waals surface area contributed by atoms with Crippen LogP contribution in [0.15, 0.2) is 231 Å². The fraction of sp³-hybridized carbons (Fsp3) is 0.0625. The Bertz CT molecular complexity index is 3410. The highest BCUT2D eigenvalue weighted by Gasteiger charge is 2.15. The minimum Gasteiger partial charge on any atom is -0.208 e. The highest BCUT2D eigenvalue weighted by Crippen LogP contribution is 2.33. The maximum absolute atomic E-state index is 4.86. The smallest absolute Gasteiger partial charge is 0.164 e. The van der Waals surface area contributed by atoms with Crippen LogP contribution >= 0.6 is 0 Å². The highest BCUT2D eigenvalue weighted by atomic mass is 15.0. The Morgan fingerprint density at radius 2 is 0.457 bits per heavy atom. The molecular formula is C64H50N6. The van der Waals surface area contributed by atoms with Gasteiger partial charge in [0.05, 0.1) is 0 Å². The first-order valence-corrected chi connectivity index (χ1v) is 23.5. The summed E-state index contributed by atoms with van der Waals surface area (Å²) < 4.78 is 0. The van der Waals surface area contributed by atoms with Crippen LogP contribution in [0.3, 0.4) is 0 Å². The molecule has 0 fully saturated rings. The van der Waals surface area contributed by atoms with Crippen LogP contribution in [0.4, 0.5) is 0 Å². The number of aryl methyl sites for hydroxylation is 4. The van der Waals surface area contributed by atoms with E-state index in [1.54, 1.807) is 0 Å². The molecule has 2 aromatic heterocycles. The fourth-order valence-electron chi connectivity index (χ4n) is 8.38. The summed E-state index contributed by atoms with van der Waals surface area (Å²) in [6.45, 7) is 8.54. The van der Waals surface area contributed by atoms with Crippen LogP contribution < -0.4 is 0 Å². The molecule has 0 saturated carbocycles. The molecule has 0 amide bonds. The monoisotopic (exact) mass is 902 g/mol. The zero-order valence-corrected chi connectivity index (χ0v) is 39.6. The summed E-state index contributed by atoms with van der Waals surface area (Å²) in [5, 5.41) is 0. The molecule has 336 valence electrons. The van der Waals surface area contributed by atoms with Gasteiger partial charge in [-0.15, -0.1) is 0 Å². The van der Waals surface area contributed by atoms with Gasteiger partial charge in [0.2, 0.25) is 0 Å². The summed E-state index contributed by atoms with van der Waals surface area (Å²) in [7, 11) is 0. The van der Waals surface area contributed by atoms with Gasteiger partial charge in [-0.1, -0.05) is 236 Å². The van der Waals surface area contributed by atoms with Gasteiger partial charge in [-0.05, 0) is 78.3 Å². The van der Waals surface area contributed by atoms with Gasteiger partial charge < -0.3 is 0 Å². The van der Waals surface area contributed by atoms with E-state index < -0.39 is 0 Å². The Morgan fingerprint density at radius 1 is 0.200 bits per heavy atom. The minimum atomic E-state index is 0.661. The van der Waals surface area contributed by atoms with Crippen molar-refractivity contribution in [3.8, 4) is 102 Å². The fourth-order valence-corrected chi connectivity index (χ4v) is 8.38. The number of rotatable bonds is 9. The van der Waals surface area contributed by atoms with E-state index in [-0.39, 0.29) is 0 Å². The van der Waals surface area contributed by atoms with Crippen molar-refractivity contribution in [2.24, 2.45) is 0 Å². The van der Waals surface area contributed by atoms with Crippen LogP contribution in [-0.4, -0.2) is 29.9 Å². The largest absolute Gasteiger partial charge is 0.208 e. The molecule has 0 radical (unpaired) electrons. The van der Waals surface area contributed by atoms with E-state index in [0.29, 0.717) is 34.9 Å². The van der Waals surface area contributed by atoms with Gasteiger partial charge in [0, 0.05) is 33.4 Å². The van der Waals surface area contributed by atoms with Gasteiger partial charge in [-0.3, -0.25) is 0 Å². The predicted octanol–water partition coefficient (Wildman–Crippen LogP) is 16.0. The highest BCUT2D eigenvalue weighted by molar-refractivity contribution is 5.78. The first-order valence-electron chi connectivity index (χ1n) is 23.5. The molecule has 0 N–H and O–H groups in total. The standard InChI is InChI=1S/C35H27N3.C29H23N3/c1-24-13-16-26(17-14-24)31-18-15-25(2)32(23-31)27-19-21-30(22-20-27)35-37-33(28-9-5-3-6-10-28)36-34(38-35)29-11-7-4-8-12-29;1-20-13-14-21(2)26(19-20)22-15-17-25(18-16-22)29-31-27(23-9-5-3-6-10-23)30-28(32-29)24-11-7-4-8-12-24/h3-23H,1-2H3;3-19H,1-2H3. The maximum atomic E-state index is 4.86. The summed E-state index contributed by atoms with van der Waals surface area (Å²) >= 11 is 0. The summed E-state index contributed by atoms with van der Waals surface area (Å²) in [6, 6.07) is 79.1. The molecule has 0 aliphatic carbocycles. The lowest BCUT2D eigenvalue weighted by atomic mass is 9.94. The number of nitrogens with zero attached hydrogens (tertiary/aromatic N) is 6. The van der Waals surface area contributed by atoms with Crippen molar-refractivity contribution >= 4 is 0 Å². The molecule has 0 bridgehead atoms. The third-order valence-electron chi connectivity index (χ3n) is 12.3. The van der Waals surface area contributed by atoms with Crippen LogP contribution in [-0.2, 0) is 0 Å². The summed E-state index contributed by atoms with van der Waals surface area (Å²) in [4.78, 5) is 28.9. The second-order valence-electron chi connectivity index (χ2n) is 17.4. The second kappa shape index (κ2) is 20.5. The zero-order chi connectivity index (χ0) is 47.8. The topological polar surface area (TPSA) is 77.3 Å². The lowest BCUT2D eigenvalue weighted by Gasteiger charge is -2.11. The van der Waals surface area contributed by atoms with Gasteiger partial charge in [-0.25, -0.2) is 29.9 Å².